The Bertz CT molecular complexity index is 566. The minimum absolute atomic E-state index is 0.265. The smallest absolute Gasteiger partial charge is 0.136 e. The Kier molecular flexibility index (Phi) is 4.40. The maximum atomic E-state index is 12.8. The Hall–Kier alpha value is -0.660. The highest BCUT2D eigenvalue weighted by atomic mass is 16.1. The van der Waals surface area contributed by atoms with Crippen molar-refractivity contribution in [2.24, 2.45) is 40.4 Å². The average Bonchev–Trinajstić information content (AvgIpc) is 2.93. The molecule has 140 valence electrons. The molecule has 0 aromatic rings. The minimum atomic E-state index is 0.265. The zero-order chi connectivity index (χ0) is 17.8. The summed E-state index contributed by atoms with van der Waals surface area (Å²) in [5.41, 5.74) is 0.658. The van der Waals surface area contributed by atoms with Crippen LogP contribution < -0.4 is 0 Å². The van der Waals surface area contributed by atoms with Crippen molar-refractivity contribution in [1.29, 1.82) is 0 Å². The minimum Gasteiger partial charge on any atom is -0.300 e. The third kappa shape index (κ3) is 2.57. The first-order valence-corrected chi connectivity index (χ1v) is 10.9. The van der Waals surface area contributed by atoms with Crippen molar-refractivity contribution >= 4 is 11.6 Å². The van der Waals surface area contributed by atoms with Crippen LogP contribution >= 0.6 is 0 Å². The molecule has 0 aromatic carbocycles. The van der Waals surface area contributed by atoms with Gasteiger partial charge in [0.2, 0.25) is 0 Å². The normalized spacial score (nSPS) is 49.2. The molecule has 0 bridgehead atoms. The van der Waals surface area contributed by atoms with Crippen molar-refractivity contribution < 1.29 is 9.59 Å². The molecule has 2 heteroatoms. The van der Waals surface area contributed by atoms with E-state index in [4.69, 9.17) is 0 Å². The van der Waals surface area contributed by atoms with Gasteiger partial charge in [-0.05, 0) is 85.9 Å². The first-order chi connectivity index (χ1) is 11.9. The van der Waals surface area contributed by atoms with Gasteiger partial charge in [0.15, 0.2) is 0 Å². The van der Waals surface area contributed by atoms with Crippen LogP contribution in [0, 0.1) is 40.4 Å². The molecular formula is C23H36O2. The van der Waals surface area contributed by atoms with Crippen LogP contribution in [0.5, 0.6) is 0 Å². The number of fused-ring (bicyclic) bond motifs is 5. The second-order valence-electron chi connectivity index (χ2n) is 10.3. The number of hydrogen-bond acceptors (Lipinski definition) is 2. The molecule has 7 atom stereocenters. The van der Waals surface area contributed by atoms with Gasteiger partial charge in [0.05, 0.1) is 0 Å². The summed E-state index contributed by atoms with van der Waals surface area (Å²) >= 11 is 0. The van der Waals surface area contributed by atoms with Gasteiger partial charge in [0.1, 0.15) is 11.6 Å². The molecule has 0 aromatic heterocycles. The molecule has 0 aliphatic heterocycles. The van der Waals surface area contributed by atoms with Crippen LogP contribution in [-0.4, -0.2) is 11.6 Å². The van der Waals surface area contributed by atoms with Crippen LogP contribution in [0.25, 0.3) is 0 Å². The lowest BCUT2D eigenvalue weighted by atomic mass is 9.44. The maximum absolute atomic E-state index is 12.8. The summed E-state index contributed by atoms with van der Waals surface area (Å²) in [4.78, 5) is 24.8. The van der Waals surface area contributed by atoms with Crippen LogP contribution in [0.2, 0.25) is 0 Å². The first-order valence-electron chi connectivity index (χ1n) is 10.9. The van der Waals surface area contributed by atoms with Crippen molar-refractivity contribution in [2.45, 2.75) is 91.4 Å². The monoisotopic (exact) mass is 344 g/mol. The van der Waals surface area contributed by atoms with Crippen molar-refractivity contribution in [3.8, 4) is 0 Å². The quantitative estimate of drug-likeness (QED) is 0.669. The Morgan fingerprint density at radius 1 is 1.00 bits per heavy atom. The Morgan fingerprint density at radius 2 is 1.76 bits per heavy atom. The summed E-state index contributed by atoms with van der Waals surface area (Å²) in [6, 6.07) is 0. The lowest BCUT2D eigenvalue weighted by Gasteiger charge is -2.60. The molecule has 4 fully saturated rings. The predicted octanol–water partition coefficient (Wildman–Crippen LogP) is 5.58. The highest BCUT2D eigenvalue weighted by Crippen LogP contribution is 2.67. The van der Waals surface area contributed by atoms with Crippen molar-refractivity contribution in [2.75, 3.05) is 0 Å². The van der Waals surface area contributed by atoms with Crippen LogP contribution in [0.4, 0.5) is 0 Å². The van der Waals surface area contributed by atoms with E-state index in [0.717, 1.165) is 56.3 Å². The fraction of sp³-hybridized carbons (Fsp3) is 0.913. The highest BCUT2D eigenvalue weighted by Gasteiger charge is 2.60. The van der Waals surface area contributed by atoms with E-state index in [9.17, 15) is 9.59 Å². The zero-order valence-electron chi connectivity index (χ0n) is 16.5. The number of ketones is 2. The van der Waals surface area contributed by atoms with Gasteiger partial charge >= 0.3 is 0 Å². The lowest BCUT2D eigenvalue weighted by molar-refractivity contribution is -0.143. The maximum Gasteiger partial charge on any atom is 0.136 e. The average molecular weight is 345 g/mol. The van der Waals surface area contributed by atoms with E-state index in [2.05, 4.69) is 20.8 Å². The summed E-state index contributed by atoms with van der Waals surface area (Å²) in [5.74, 6) is 4.40. The Labute approximate surface area is 153 Å². The summed E-state index contributed by atoms with van der Waals surface area (Å²) in [6.07, 6.45) is 12.1. The van der Waals surface area contributed by atoms with Gasteiger partial charge in [0.25, 0.3) is 0 Å². The van der Waals surface area contributed by atoms with E-state index in [-0.39, 0.29) is 5.41 Å². The molecule has 0 heterocycles. The lowest BCUT2D eigenvalue weighted by Crippen LogP contribution is -2.53. The fourth-order valence-electron chi connectivity index (χ4n) is 7.99. The van der Waals surface area contributed by atoms with Gasteiger partial charge in [-0.25, -0.2) is 0 Å². The Balaban J connectivity index is 1.58. The van der Waals surface area contributed by atoms with E-state index >= 15 is 0 Å². The molecule has 4 saturated carbocycles. The first kappa shape index (κ1) is 17.7. The second kappa shape index (κ2) is 6.20. The SMILES string of the molecule is CCCC(=O)[C@H]1CC[C@H]2[C@@H]3CC[C@H]4CC(=O)CC[C@]4(C)[C@H]3CC[C@]12C. The molecule has 0 amide bonds. The van der Waals surface area contributed by atoms with Gasteiger partial charge in [-0.15, -0.1) is 0 Å². The van der Waals surface area contributed by atoms with Gasteiger partial charge in [0, 0.05) is 25.2 Å². The molecule has 0 N–H and O–H groups in total. The summed E-state index contributed by atoms with van der Waals surface area (Å²) in [7, 11) is 0. The van der Waals surface area contributed by atoms with E-state index in [1.165, 1.54) is 32.1 Å². The van der Waals surface area contributed by atoms with E-state index in [0.29, 0.717) is 28.8 Å². The largest absolute Gasteiger partial charge is 0.300 e. The second-order valence-corrected chi connectivity index (χ2v) is 10.3. The molecule has 0 spiro atoms. The molecular weight excluding hydrogens is 308 g/mol. The predicted molar refractivity (Wildman–Crippen MR) is 100 cm³/mol. The molecule has 4 rings (SSSR count). The van der Waals surface area contributed by atoms with Gasteiger partial charge < -0.3 is 0 Å². The van der Waals surface area contributed by atoms with E-state index < -0.39 is 0 Å². The molecule has 0 unspecified atom stereocenters. The van der Waals surface area contributed by atoms with Gasteiger partial charge in [-0.1, -0.05) is 20.8 Å². The number of carbonyl (C=O) groups excluding carboxylic acids is 2. The van der Waals surface area contributed by atoms with Crippen molar-refractivity contribution in [1.82, 2.24) is 0 Å². The highest BCUT2D eigenvalue weighted by molar-refractivity contribution is 5.82. The number of hydrogen-bond donors (Lipinski definition) is 0. The van der Waals surface area contributed by atoms with Gasteiger partial charge in [-0.3, -0.25) is 9.59 Å². The van der Waals surface area contributed by atoms with Crippen LogP contribution in [0.3, 0.4) is 0 Å². The van der Waals surface area contributed by atoms with E-state index in [1.807, 2.05) is 0 Å². The van der Waals surface area contributed by atoms with Crippen molar-refractivity contribution in [3.63, 3.8) is 0 Å². The van der Waals surface area contributed by atoms with Crippen molar-refractivity contribution in [3.05, 3.63) is 0 Å². The standard InChI is InChI=1S/C23H36O2/c1-4-5-21(25)20-9-8-18-17-7-6-15-14-16(24)10-12-22(15,2)19(17)11-13-23(18,20)3/h15,17-20H,4-14H2,1-3H3/t15-,17-,18-,19-,20+,22-,23-/m0/s1. The zero-order valence-corrected chi connectivity index (χ0v) is 16.5. The van der Waals surface area contributed by atoms with E-state index in [1.54, 1.807) is 0 Å². The Morgan fingerprint density at radius 3 is 2.52 bits per heavy atom. The van der Waals surface area contributed by atoms with Crippen LogP contribution in [0.1, 0.15) is 91.4 Å². The number of rotatable bonds is 3. The fourth-order valence-corrected chi connectivity index (χ4v) is 7.99. The summed E-state index contributed by atoms with van der Waals surface area (Å²) in [6.45, 7) is 7.10. The van der Waals surface area contributed by atoms with Gasteiger partial charge in [-0.2, -0.15) is 0 Å². The number of carbonyl (C=O) groups is 2. The topological polar surface area (TPSA) is 34.1 Å². The molecule has 25 heavy (non-hydrogen) atoms. The summed E-state index contributed by atoms with van der Waals surface area (Å²) in [5, 5.41) is 0. The van der Waals surface area contributed by atoms with Crippen LogP contribution in [0.15, 0.2) is 0 Å². The number of Topliss-reactive ketones (excluding diaryl/α,β-unsaturated/α-hetero) is 2. The third-order valence-electron chi connectivity index (χ3n) is 9.37. The molecule has 0 radical (unpaired) electrons. The molecule has 4 aliphatic carbocycles. The molecule has 4 aliphatic rings. The van der Waals surface area contributed by atoms with Crippen LogP contribution in [-0.2, 0) is 9.59 Å². The molecule has 0 saturated heterocycles. The molecule has 2 nitrogen and oxygen atoms in total. The third-order valence-corrected chi connectivity index (χ3v) is 9.37. The summed E-state index contributed by atoms with van der Waals surface area (Å²) < 4.78 is 0.